The van der Waals surface area contributed by atoms with Crippen LogP contribution in [0.3, 0.4) is 0 Å². The summed E-state index contributed by atoms with van der Waals surface area (Å²) in [6.07, 6.45) is 0.261. The Hall–Kier alpha value is -2.17. The Morgan fingerprint density at radius 3 is 2.44 bits per heavy atom. The first kappa shape index (κ1) is 21.1. The predicted octanol–water partition coefficient (Wildman–Crippen LogP) is 1.13. The Morgan fingerprint density at radius 2 is 1.85 bits per heavy atom. The maximum Gasteiger partial charge on any atom is 0.338 e. The van der Waals surface area contributed by atoms with E-state index in [1.165, 1.54) is 30.4 Å². The highest BCUT2D eigenvalue weighted by atomic mass is 35.5. The van der Waals surface area contributed by atoms with Gasteiger partial charge in [-0.2, -0.15) is 4.31 Å². The van der Waals surface area contributed by atoms with Crippen molar-refractivity contribution in [3.8, 4) is 0 Å². The molecule has 1 fully saturated rings. The summed E-state index contributed by atoms with van der Waals surface area (Å²) in [7, 11) is -2.50. The molecule has 0 spiro atoms. The van der Waals surface area contributed by atoms with E-state index < -0.39 is 34.0 Å². The number of carbonyl (C=O) groups is 3. The van der Waals surface area contributed by atoms with Crippen molar-refractivity contribution in [2.45, 2.75) is 30.8 Å². The molecule has 1 aliphatic heterocycles. The summed E-state index contributed by atoms with van der Waals surface area (Å²) in [5, 5.41) is 4.16. The number of sulfonamides is 1. The average molecular weight is 418 g/mol. The number of amides is 3. The monoisotopic (exact) mass is 417 g/mol. The van der Waals surface area contributed by atoms with Crippen LogP contribution in [0.5, 0.6) is 0 Å². The minimum Gasteiger partial charge on any atom is -0.449 e. The quantitative estimate of drug-likeness (QED) is 0.692. The van der Waals surface area contributed by atoms with Crippen LogP contribution in [0.2, 0.25) is 5.02 Å². The van der Waals surface area contributed by atoms with Crippen LogP contribution in [-0.2, 0) is 19.6 Å². The van der Waals surface area contributed by atoms with E-state index in [1.807, 2.05) is 5.32 Å². The number of nitrogens with zero attached hydrogens (tertiary/aromatic N) is 1. The molecule has 0 aliphatic carbocycles. The number of ether oxygens (including phenoxy) is 1. The molecule has 1 saturated heterocycles. The zero-order valence-electron chi connectivity index (χ0n) is 14.8. The van der Waals surface area contributed by atoms with Crippen LogP contribution in [0, 0.1) is 0 Å². The van der Waals surface area contributed by atoms with Gasteiger partial charge in [0.1, 0.15) is 4.90 Å². The third kappa shape index (κ3) is 4.96. The summed E-state index contributed by atoms with van der Waals surface area (Å²) in [5.74, 6) is -1.73. The van der Waals surface area contributed by atoms with E-state index in [0.29, 0.717) is 13.1 Å². The van der Waals surface area contributed by atoms with Gasteiger partial charge in [0.25, 0.3) is 5.91 Å². The van der Waals surface area contributed by atoms with Crippen molar-refractivity contribution in [2.24, 2.45) is 0 Å². The van der Waals surface area contributed by atoms with Gasteiger partial charge in [0, 0.05) is 20.1 Å². The highest BCUT2D eigenvalue weighted by molar-refractivity contribution is 7.89. The predicted molar refractivity (Wildman–Crippen MR) is 96.9 cm³/mol. The van der Waals surface area contributed by atoms with E-state index >= 15 is 0 Å². The highest BCUT2D eigenvalue weighted by Crippen LogP contribution is 2.28. The van der Waals surface area contributed by atoms with Crippen molar-refractivity contribution in [3.63, 3.8) is 0 Å². The molecule has 0 saturated carbocycles. The van der Waals surface area contributed by atoms with Crippen molar-refractivity contribution in [1.82, 2.24) is 14.9 Å². The number of rotatable bonds is 5. The number of hydrogen-bond acceptors (Lipinski definition) is 6. The molecule has 1 atom stereocenters. The minimum atomic E-state index is -3.83. The van der Waals surface area contributed by atoms with E-state index in [1.54, 1.807) is 0 Å². The van der Waals surface area contributed by atoms with Gasteiger partial charge in [0.05, 0.1) is 10.6 Å². The molecule has 148 valence electrons. The second-order valence-electron chi connectivity index (χ2n) is 5.87. The summed E-state index contributed by atoms with van der Waals surface area (Å²) in [5.41, 5.74) is -0.0724. The number of hydrogen-bond donors (Lipinski definition) is 2. The molecule has 1 heterocycles. The van der Waals surface area contributed by atoms with Gasteiger partial charge in [-0.25, -0.2) is 18.0 Å². The first-order valence-electron chi connectivity index (χ1n) is 8.20. The van der Waals surface area contributed by atoms with Crippen molar-refractivity contribution >= 4 is 39.5 Å². The topological polar surface area (TPSA) is 122 Å². The minimum absolute atomic E-state index is 0.0103. The van der Waals surface area contributed by atoms with Crippen LogP contribution < -0.4 is 10.6 Å². The van der Waals surface area contributed by atoms with E-state index in [2.05, 4.69) is 5.32 Å². The van der Waals surface area contributed by atoms with Crippen molar-refractivity contribution < 1.29 is 27.5 Å². The van der Waals surface area contributed by atoms with Crippen molar-refractivity contribution in [1.29, 1.82) is 0 Å². The molecular formula is C16H20ClN3O6S. The number of esters is 1. The fourth-order valence-electron chi connectivity index (χ4n) is 2.45. The standard InChI is InChI=1S/C16H20ClN3O6S/c1-10(14(21)19-16(23)18-2)26-15(22)11-5-6-12(17)13(9-11)27(24,25)20-7-3-4-8-20/h5-6,9-10H,3-4,7-8H2,1-2H3,(H2,18,19,21,23)/t10-/m0/s1. The molecular weight excluding hydrogens is 398 g/mol. The molecule has 1 aromatic carbocycles. The van der Waals surface area contributed by atoms with E-state index in [9.17, 15) is 22.8 Å². The first-order valence-corrected chi connectivity index (χ1v) is 10.0. The Morgan fingerprint density at radius 1 is 1.22 bits per heavy atom. The number of urea groups is 1. The fourth-order valence-corrected chi connectivity index (χ4v) is 4.47. The normalized spacial score (nSPS) is 15.8. The molecule has 1 aromatic rings. The number of halogens is 1. The summed E-state index contributed by atoms with van der Waals surface area (Å²) in [6.45, 7) is 2.07. The molecule has 2 rings (SSSR count). The third-order valence-corrected chi connectivity index (χ3v) is 6.35. The van der Waals surface area contributed by atoms with E-state index in [4.69, 9.17) is 16.3 Å². The van der Waals surface area contributed by atoms with Crippen LogP contribution >= 0.6 is 11.6 Å². The SMILES string of the molecule is CNC(=O)NC(=O)[C@H](C)OC(=O)c1ccc(Cl)c(S(=O)(=O)N2CCCC2)c1. The Balaban J connectivity index is 2.18. The lowest BCUT2D eigenvalue weighted by atomic mass is 10.2. The smallest absolute Gasteiger partial charge is 0.338 e. The van der Waals surface area contributed by atoms with Gasteiger partial charge in [-0.05, 0) is 38.0 Å². The van der Waals surface area contributed by atoms with E-state index in [-0.39, 0.29) is 15.5 Å². The fraction of sp³-hybridized carbons (Fsp3) is 0.438. The van der Waals surface area contributed by atoms with Crippen LogP contribution in [-0.4, -0.2) is 56.9 Å². The molecule has 27 heavy (non-hydrogen) atoms. The summed E-state index contributed by atoms with van der Waals surface area (Å²) < 4.78 is 31.7. The zero-order valence-corrected chi connectivity index (χ0v) is 16.4. The van der Waals surface area contributed by atoms with Gasteiger partial charge in [-0.1, -0.05) is 11.6 Å². The lowest BCUT2D eigenvalue weighted by molar-refractivity contribution is -0.127. The zero-order chi connectivity index (χ0) is 20.2. The summed E-state index contributed by atoms with van der Waals surface area (Å²) >= 11 is 6.03. The summed E-state index contributed by atoms with van der Waals surface area (Å²) in [4.78, 5) is 35.0. The molecule has 9 nitrogen and oxygen atoms in total. The maximum absolute atomic E-state index is 12.7. The average Bonchev–Trinajstić information content (AvgIpc) is 3.17. The van der Waals surface area contributed by atoms with E-state index in [0.717, 1.165) is 18.9 Å². The Kier molecular flexibility index (Phi) is 6.79. The van der Waals surface area contributed by atoms with Gasteiger partial charge in [-0.3, -0.25) is 10.1 Å². The van der Waals surface area contributed by atoms with Gasteiger partial charge in [0.15, 0.2) is 6.10 Å². The third-order valence-electron chi connectivity index (χ3n) is 3.97. The highest BCUT2D eigenvalue weighted by Gasteiger charge is 2.30. The maximum atomic E-state index is 12.7. The number of benzene rings is 1. The van der Waals surface area contributed by atoms with Gasteiger partial charge < -0.3 is 10.1 Å². The molecule has 11 heteroatoms. The van der Waals surface area contributed by atoms with Crippen LogP contribution in [0.15, 0.2) is 23.1 Å². The van der Waals surface area contributed by atoms with Gasteiger partial charge in [0.2, 0.25) is 10.0 Å². The number of imide groups is 1. The first-order chi connectivity index (χ1) is 12.7. The van der Waals surface area contributed by atoms with Crippen LogP contribution in [0.25, 0.3) is 0 Å². The lowest BCUT2D eigenvalue weighted by Gasteiger charge is -2.17. The van der Waals surface area contributed by atoms with Gasteiger partial charge >= 0.3 is 12.0 Å². The Bertz CT molecular complexity index is 852. The molecule has 3 amide bonds. The molecule has 2 N–H and O–H groups in total. The van der Waals surface area contributed by atoms with Crippen LogP contribution in [0.4, 0.5) is 4.79 Å². The number of nitrogens with one attached hydrogen (secondary N) is 2. The molecule has 0 radical (unpaired) electrons. The van der Waals surface area contributed by atoms with Crippen LogP contribution in [0.1, 0.15) is 30.1 Å². The molecule has 0 unspecified atom stereocenters. The lowest BCUT2D eigenvalue weighted by Crippen LogP contribution is -2.43. The second kappa shape index (κ2) is 8.68. The van der Waals surface area contributed by atoms with Crippen molar-refractivity contribution in [2.75, 3.05) is 20.1 Å². The Labute approximate surface area is 162 Å². The summed E-state index contributed by atoms with van der Waals surface area (Å²) in [6, 6.07) is 2.98. The molecule has 0 aromatic heterocycles. The van der Waals surface area contributed by atoms with Gasteiger partial charge in [-0.15, -0.1) is 0 Å². The van der Waals surface area contributed by atoms with Crippen molar-refractivity contribution in [3.05, 3.63) is 28.8 Å². The number of carbonyl (C=O) groups excluding carboxylic acids is 3. The largest absolute Gasteiger partial charge is 0.449 e. The molecule has 1 aliphatic rings. The molecule has 0 bridgehead atoms. The second-order valence-corrected chi connectivity index (χ2v) is 8.19.